The van der Waals surface area contributed by atoms with Crippen LogP contribution >= 0.6 is 0 Å². The van der Waals surface area contributed by atoms with Crippen LogP contribution in [0.25, 0.3) is 0 Å². The molecule has 2 unspecified atom stereocenters. The van der Waals surface area contributed by atoms with Crippen molar-refractivity contribution in [2.24, 2.45) is 11.1 Å². The number of hydrogen-bond donors (Lipinski definition) is 1. The highest BCUT2D eigenvalue weighted by molar-refractivity contribution is 4.82. The molecule has 0 bridgehead atoms. The van der Waals surface area contributed by atoms with Gasteiger partial charge < -0.3 is 15.5 Å². The van der Waals surface area contributed by atoms with Gasteiger partial charge >= 0.3 is 0 Å². The molecule has 2 atom stereocenters. The minimum absolute atomic E-state index is 0.355. The maximum Gasteiger partial charge on any atom is 0.0235 e. The number of nitrogens with two attached hydrogens (primary N) is 1. The standard InChI is InChI=1S/C14H31N3/c1-14(2,3)7-6-12(15)10-13-11-16(4)8-9-17(13)5/h12-13H,6-11,15H2,1-5H3. The first kappa shape index (κ1) is 14.9. The van der Waals surface area contributed by atoms with Gasteiger partial charge in [0.1, 0.15) is 0 Å². The molecule has 0 radical (unpaired) electrons. The predicted octanol–water partition coefficient (Wildman–Crippen LogP) is 1.78. The van der Waals surface area contributed by atoms with E-state index in [1.54, 1.807) is 0 Å². The van der Waals surface area contributed by atoms with Crippen molar-refractivity contribution in [3.8, 4) is 0 Å². The maximum atomic E-state index is 6.27. The van der Waals surface area contributed by atoms with Gasteiger partial charge in [-0.25, -0.2) is 0 Å². The molecule has 0 spiro atoms. The summed E-state index contributed by atoms with van der Waals surface area (Å²) in [5.41, 5.74) is 6.68. The summed E-state index contributed by atoms with van der Waals surface area (Å²) < 4.78 is 0. The third kappa shape index (κ3) is 5.84. The molecule has 0 saturated carbocycles. The van der Waals surface area contributed by atoms with Crippen molar-refractivity contribution >= 4 is 0 Å². The minimum atomic E-state index is 0.355. The van der Waals surface area contributed by atoms with Crippen molar-refractivity contribution in [3.05, 3.63) is 0 Å². The Balaban J connectivity index is 2.31. The molecule has 0 aromatic heterocycles. The summed E-state index contributed by atoms with van der Waals surface area (Å²) in [5, 5.41) is 0. The molecule has 0 aliphatic carbocycles. The number of nitrogens with zero attached hydrogens (tertiary/aromatic N) is 2. The van der Waals surface area contributed by atoms with Crippen LogP contribution < -0.4 is 5.73 Å². The van der Waals surface area contributed by atoms with Crippen molar-refractivity contribution in [2.45, 2.75) is 52.1 Å². The first-order chi connectivity index (χ1) is 7.78. The third-order valence-electron chi connectivity index (χ3n) is 3.82. The molecule has 1 rings (SSSR count). The van der Waals surface area contributed by atoms with Gasteiger partial charge in [0.25, 0.3) is 0 Å². The zero-order valence-electron chi connectivity index (χ0n) is 12.4. The first-order valence-electron chi connectivity index (χ1n) is 6.92. The van der Waals surface area contributed by atoms with Gasteiger partial charge in [-0.3, -0.25) is 0 Å². The smallest absolute Gasteiger partial charge is 0.0235 e. The van der Waals surface area contributed by atoms with Gasteiger partial charge in [0.2, 0.25) is 0 Å². The number of hydrogen-bond acceptors (Lipinski definition) is 3. The average Bonchev–Trinajstić information content (AvgIpc) is 2.20. The van der Waals surface area contributed by atoms with Crippen LogP contribution in [-0.2, 0) is 0 Å². The van der Waals surface area contributed by atoms with Gasteiger partial charge in [0.05, 0.1) is 0 Å². The van der Waals surface area contributed by atoms with E-state index in [2.05, 4.69) is 44.7 Å². The highest BCUT2D eigenvalue weighted by Crippen LogP contribution is 2.23. The van der Waals surface area contributed by atoms with E-state index in [0.29, 0.717) is 17.5 Å². The average molecular weight is 241 g/mol. The van der Waals surface area contributed by atoms with Gasteiger partial charge in [0.15, 0.2) is 0 Å². The molecule has 1 heterocycles. The minimum Gasteiger partial charge on any atom is -0.328 e. The largest absolute Gasteiger partial charge is 0.328 e. The Morgan fingerprint density at radius 3 is 2.47 bits per heavy atom. The summed E-state index contributed by atoms with van der Waals surface area (Å²) in [6.07, 6.45) is 3.51. The normalized spacial score (nSPS) is 26.1. The van der Waals surface area contributed by atoms with Crippen molar-refractivity contribution in [1.82, 2.24) is 9.80 Å². The van der Waals surface area contributed by atoms with Gasteiger partial charge in [0, 0.05) is 31.7 Å². The van der Waals surface area contributed by atoms with Crippen molar-refractivity contribution in [1.29, 1.82) is 0 Å². The Labute approximate surface area is 107 Å². The molecule has 0 amide bonds. The Morgan fingerprint density at radius 1 is 1.24 bits per heavy atom. The van der Waals surface area contributed by atoms with E-state index >= 15 is 0 Å². The second-order valence-electron chi connectivity index (χ2n) is 6.99. The summed E-state index contributed by atoms with van der Waals surface area (Å²) in [4.78, 5) is 4.89. The molecule has 102 valence electrons. The van der Waals surface area contributed by atoms with Gasteiger partial charge in [-0.2, -0.15) is 0 Å². The van der Waals surface area contributed by atoms with E-state index in [-0.39, 0.29) is 0 Å². The molecule has 1 saturated heterocycles. The van der Waals surface area contributed by atoms with Crippen LogP contribution in [0.4, 0.5) is 0 Å². The second-order valence-corrected chi connectivity index (χ2v) is 6.99. The quantitative estimate of drug-likeness (QED) is 0.814. The molecule has 1 fully saturated rings. The highest BCUT2D eigenvalue weighted by Gasteiger charge is 2.24. The molecule has 0 aromatic carbocycles. The van der Waals surface area contributed by atoms with Gasteiger partial charge in [-0.05, 0) is 38.8 Å². The zero-order chi connectivity index (χ0) is 13.1. The Morgan fingerprint density at radius 2 is 1.88 bits per heavy atom. The summed E-state index contributed by atoms with van der Waals surface area (Å²) >= 11 is 0. The molecule has 2 N–H and O–H groups in total. The molecule has 1 aliphatic heterocycles. The van der Waals surface area contributed by atoms with Gasteiger partial charge in [-0.15, -0.1) is 0 Å². The van der Waals surface area contributed by atoms with E-state index < -0.39 is 0 Å². The van der Waals surface area contributed by atoms with Crippen LogP contribution in [0.3, 0.4) is 0 Å². The van der Waals surface area contributed by atoms with Crippen LogP contribution in [0.2, 0.25) is 0 Å². The fraction of sp³-hybridized carbons (Fsp3) is 1.00. The fourth-order valence-corrected chi connectivity index (χ4v) is 2.44. The second kappa shape index (κ2) is 6.17. The van der Waals surface area contributed by atoms with Crippen molar-refractivity contribution in [3.63, 3.8) is 0 Å². The topological polar surface area (TPSA) is 32.5 Å². The van der Waals surface area contributed by atoms with Crippen LogP contribution in [0.15, 0.2) is 0 Å². The third-order valence-corrected chi connectivity index (χ3v) is 3.82. The molecule has 17 heavy (non-hydrogen) atoms. The van der Waals surface area contributed by atoms with Crippen molar-refractivity contribution in [2.75, 3.05) is 33.7 Å². The molecular weight excluding hydrogens is 210 g/mol. The van der Waals surface area contributed by atoms with Crippen LogP contribution in [0, 0.1) is 5.41 Å². The highest BCUT2D eigenvalue weighted by atomic mass is 15.3. The molecular formula is C14H31N3. The lowest BCUT2D eigenvalue weighted by Crippen LogP contribution is -2.51. The lowest BCUT2D eigenvalue weighted by atomic mass is 9.87. The maximum absolute atomic E-state index is 6.27. The Kier molecular flexibility index (Phi) is 5.42. The van der Waals surface area contributed by atoms with E-state index in [9.17, 15) is 0 Å². The Bertz CT molecular complexity index is 222. The molecule has 3 heteroatoms. The summed E-state index contributed by atoms with van der Waals surface area (Å²) in [7, 11) is 4.44. The molecule has 1 aliphatic rings. The van der Waals surface area contributed by atoms with Crippen LogP contribution in [0.5, 0.6) is 0 Å². The van der Waals surface area contributed by atoms with E-state index in [1.165, 1.54) is 26.1 Å². The number of likely N-dealkylation sites (N-methyl/N-ethyl adjacent to an activating group) is 2. The zero-order valence-corrected chi connectivity index (χ0v) is 12.4. The fourth-order valence-electron chi connectivity index (χ4n) is 2.44. The van der Waals surface area contributed by atoms with E-state index in [1.807, 2.05) is 0 Å². The first-order valence-corrected chi connectivity index (χ1v) is 6.92. The predicted molar refractivity (Wildman–Crippen MR) is 75.2 cm³/mol. The number of rotatable bonds is 4. The van der Waals surface area contributed by atoms with Gasteiger partial charge in [-0.1, -0.05) is 20.8 Å². The van der Waals surface area contributed by atoms with Crippen LogP contribution in [0.1, 0.15) is 40.0 Å². The van der Waals surface area contributed by atoms with Crippen molar-refractivity contribution < 1.29 is 0 Å². The Hall–Kier alpha value is -0.120. The number of piperazine rings is 1. The summed E-state index contributed by atoms with van der Waals surface area (Å²) in [6, 6.07) is 0.997. The lowest BCUT2D eigenvalue weighted by Gasteiger charge is -2.39. The summed E-state index contributed by atoms with van der Waals surface area (Å²) in [5.74, 6) is 0. The molecule has 3 nitrogen and oxygen atoms in total. The monoisotopic (exact) mass is 241 g/mol. The SMILES string of the molecule is CN1CCN(C)C(CC(N)CCC(C)(C)C)C1. The van der Waals surface area contributed by atoms with E-state index in [0.717, 1.165) is 12.8 Å². The lowest BCUT2D eigenvalue weighted by molar-refractivity contribution is 0.102. The summed E-state index contributed by atoms with van der Waals surface area (Å²) in [6.45, 7) is 10.4. The van der Waals surface area contributed by atoms with Crippen LogP contribution in [-0.4, -0.2) is 55.6 Å². The molecule has 0 aromatic rings. The van der Waals surface area contributed by atoms with E-state index in [4.69, 9.17) is 5.73 Å².